The quantitative estimate of drug-likeness (QED) is 0.626. The molecule has 1 aromatic rings. The molecule has 0 aliphatic heterocycles. The molecule has 0 saturated heterocycles. The summed E-state index contributed by atoms with van der Waals surface area (Å²) in [6, 6.07) is 0. The van der Waals surface area contributed by atoms with Crippen LogP contribution in [-0.2, 0) is 6.54 Å². The van der Waals surface area contributed by atoms with Crippen LogP contribution in [0.3, 0.4) is 0 Å². The molecule has 6 heteroatoms. The van der Waals surface area contributed by atoms with Crippen LogP contribution >= 0.6 is 12.4 Å². The summed E-state index contributed by atoms with van der Waals surface area (Å²) in [5.74, 6) is 0. The van der Waals surface area contributed by atoms with Crippen LogP contribution in [0.2, 0.25) is 0 Å². The number of halogens is 1. The maximum absolute atomic E-state index is 10.7. The minimum absolute atomic E-state index is 0. The summed E-state index contributed by atoms with van der Waals surface area (Å²) in [5, 5.41) is 14.3. The number of aromatic nitrogens is 2. The van der Waals surface area contributed by atoms with Gasteiger partial charge in [0, 0.05) is 12.1 Å². The van der Waals surface area contributed by atoms with Crippen LogP contribution in [-0.4, -0.2) is 24.2 Å². The molecule has 1 aromatic heterocycles. The van der Waals surface area contributed by atoms with Gasteiger partial charge in [0.25, 0.3) is 0 Å². The fraction of sp³-hybridized carbons (Fsp3) is 0.667. The lowest BCUT2D eigenvalue weighted by atomic mass is 10.3. The van der Waals surface area contributed by atoms with E-state index in [0.29, 0.717) is 22.8 Å². The van der Waals surface area contributed by atoms with Gasteiger partial charge in [-0.05, 0) is 19.0 Å². The van der Waals surface area contributed by atoms with Gasteiger partial charge in [-0.3, -0.25) is 4.63 Å². The van der Waals surface area contributed by atoms with Crippen LogP contribution in [0, 0.1) is 12.1 Å². The van der Waals surface area contributed by atoms with E-state index in [2.05, 4.69) is 9.79 Å². The normalized spacial score (nSPS) is 10.0. The third-order valence-electron chi connectivity index (χ3n) is 1.38. The second-order valence-electron chi connectivity index (χ2n) is 2.70. The average molecular weight is 194 g/mol. The Labute approximate surface area is 76.9 Å². The van der Waals surface area contributed by atoms with E-state index in [4.69, 9.17) is 0 Å². The number of rotatable bonds is 2. The lowest BCUT2D eigenvalue weighted by Crippen LogP contribution is -2.26. The van der Waals surface area contributed by atoms with Crippen LogP contribution in [0.4, 0.5) is 0 Å². The Morgan fingerprint density at radius 2 is 2.17 bits per heavy atom. The molecule has 12 heavy (non-hydrogen) atoms. The first-order chi connectivity index (χ1) is 5.11. The minimum Gasteiger partial charge on any atom is -0.359 e. The number of hydrogen-bond acceptors (Lipinski definition) is 4. The Balaban J connectivity index is 0.00000121. The first kappa shape index (κ1) is 11.2. The van der Waals surface area contributed by atoms with Crippen molar-refractivity contribution in [3.05, 3.63) is 16.6 Å². The van der Waals surface area contributed by atoms with Crippen molar-refractivity contribution in [2.24, 2.45) is 0 Å². The Morgan fingerprint density at radius 1 is 1.58 bits per heavy atom. The van der Waals surface area contributed by atoms with Crippen molar-refractivity contribution in [2.45, 2.75) is 13.5 Å². The summed E-state index contributed by atoms with van der Waals surface area (Å²) in [5.41, 5.74) is 1.21. The van der Waals surface area contributed by atoms with E-state index in [1.807, 2.05) is 19.0 Å². The molecular formula is C6H12ClN3O2. The monoisotopic (exact) mass is 193 g/mol. The Morgan fingerprint density at radius 3 is 2.50 bits per heavy atom. The summed E-state index contributed by atoms with van der Waals surface area (Å²) in [6.45, 7) is 2.31. The van der Waals surface area contributed by atoms with Crippen LogP contribution in [0.25, 0.3) is 0 Å². The maximum atomic E-state index is 10.7. The van der Waals surface area contributed by atoms with Crippen LogP contribution in [0.15, 0.2) is 4.63 Å². The van der Waals surface area contributed by atoms with E-state index in [9.17, 15) is 5.21 Å². The highest BCUT2D eigenvalue weighted by Crippen LogP contribution is 2.00. The van der Waals surface area contributed by atoms with E-state index in [1.54, 1.807) is 6.92 Å². The fourth-order valence-electron chi connectivity index (χ4n) is 0.762. The standard InChI is InChI=1S/C6H11N3O2.ClH/c1-5-6(4-8(2)3)7-11-9(5)10;/h4H2,1-3H3;1H. The molecule has 0 aliphatic rings. The third kappa shape index (κ3) is 2.35. The predicted octanol–water partition coefficient (Wildman–Crippen LogP) is 0.0998. The fourth-order valence-corrected chi connectivity index (χ4v) is 0.762. The summed E-state index contributed by atoms with van der Waals surface area (Å²) >= 11 is 0. The SMILES string of the molecule is Cc1c(CN(C)C)no[n+]1[O-].Cl. The van der Waals surface area contributed by atoms with Gasteiger partial charge in [-0.1, -0.05) is 0 Å². The lowest BCUT2D eigenvalue weighted by molar-refractivity contribution is -0.806. The first-order valence-corrected chi connectivity index (χ1v) is 3.31. The van der Waals surface area contributed by atoms with Crippen molar-refractivity contribution < 1.29 is 9.53 Å². The predicted molar refractivity (Wildman–Crippen MR) is 44.8 cm³/mol. The molecule has 1 heterocycles. The Kier molecular flexibility index (Phi) is 3.99. The molecule has 70 valence electrons. The largest absolute Gasteiger partial charge is 0.359 e. The molecule has 0 N–H and O–H groups in total. The summed E-state index contributed by atoms with van der Waals surface area (Å²) < 4.78 is 4.38. The molecule has 0 radical (unpaired) electrons. The molecule has 0 amide bonds. The summed E-state index contributed by atoms with van der Waals surface area (Å²) in [6.07, 6.45) is 0. The highest BCUT2D eigenvalue weighted by atomic mass is 35.5. The smallest absolute Gasteiger partial charge is 0.234 e. The molecular weight excluding hydrogens is 182 g/mol. The number of nitrogens with zero attached hydrogens (tertiary/aromatic N) is 3. The van der Waals surface area contributed by atoms with Gasteiger partial charge in [0.2, 0.25) is 5.69 Å². The van der Waals surface area contributed by atoms with E-state index in [0.717, 1.165) is 0 Å². The van der Waals surface area contributed by atoms with Gasteiger partial charge in [-0.15, -0.1) is 12.4 Å². The number of hydrogen-bond donors (Lipinski definition) is 0. The van der Waals surface area contributed by atoms with Gasteiger partial charge < -0.3 is 10.1 Å². The molecule has 1 rings (SSSR count). The zero-order valence-electron chi connectivity index (χ0n) is 7.27. The van der Waals surface area contributed by atoms with Crippen molar-refractivity contribution in [1.82, 2.24) is 10.1 Å². The molecule has 0 saturated carbocycles. The van der Waals surface area contributed by atoms with Gasteiger partial charge in [0.15, 0.2) is 5.69 Å². The van der Waals surface area contributed by atoms with E-state index < -0.39 is 0 Å². The van der Waals surface area contributed by atoms with Crippen molar-refractivity contribution in [3.8, 4) is 0 Å². The Hall–Kier alpha value is -0.810. The van der Waals surface area contributed by atoms with Crippen molar-refractivity contribution >= 4 is 12.4 Å². The lowest BCUT2D eigenvalue weighted by Gasteiger charge is -2.02. The zero-order valence-corrected chi connectivity index (χ0v) is 8.09. The summed E-state index contributed by atoms with van der Waals surface area (Å²) in [4.78, 5) is 2.34. The van der Waals surface area contributed by atoms with Crippen LogP contribution < -0.4 is 4.90 Å². The highest BCUT2D eigenvalue weighted by molar-refractivity contribution is 5.85. The zero-order chi connectivity index (χ0) is 8.43. The van der Waals surface area contributed by atoms with Gasteiger partial charge in [0.05, 0.1) is 6.54 Å². The molecule has 0 atom stereocenters. The van der Waals surface area contributed by atoms with Gasteiger partial charge >= 0.3 is 0 Å². The third-order valence-corrected chi connectivity index (χ3v) is 1.38. The second kappa shape index (κ2) is 4.27. The maximum Gasteiger partial charge on any atom is 0.234 e. The highest BCUT2D eigenvalue weighted by Gasteiger charge is 2.13. The van der Waals surface area contributed by atoms with Gasteiger partial charge in [0.1, 0.15) is 0 Å². The van der Waals surface area contributed by atoms with Crippen LogP contribution in [0.5, 0.6) is 0 Å². The topological polar surface area (TPSA) is 56.2 Å². The van der Waals surface area contributed by atoms with E-state index in [-0.39, 0.29) is 12.4 Å². The Bertz CT molecular complexity index is 249. The van der Waals surface area contributed by atoms with Gasteiger partial charge in [-0.25, -0.2) is 0 Å². The molecule has 5 nitrogen and oxygen atoms in total. The minimum atomic E-state index is 0. The molecule has 0 aromatic carbocycles. The molecule has 0 unspecified atom stereocenters. The van der Waals surface area contributed by atoms with Gasteiger partial charge in [-0.2, -0.15) is 0 Å². The molecule has 0 aliphatic carbocycles. The molecule has 0 fully saturated rings. The second-order valence-corrected chi connectivity index (χ2v) is 2.70. The van der Waals surface area contributed by atoms with Crippen molar-refractivity contribution in [1.29, 1.82) is 0 Å². The van der Waals surface area contributed by atoms with Crippen molar-refractivity contribution in [2.75, 3.05) is 14.1 Å². The summed E-state index contributed by atoms with van der Waals surface area (Å²) in [7, 11) is 3.81. The molecule has 0 spiro atoms. The van der Waals surface area contributed by atoms with Crippen molar-refractivity contribution in [3.63, 3.8) is 0 Å². The molecule has 0 bridgehead atoms. The van der Waals surface area contributed by atoms with Crippen LogP contribution in [0.1, 0.15) is 11.4 Å². The van der Waals surface area contributed by atoms with E-state index >= 15 is 0 Å². The first-order valence-electron chi connectivity index (χ1n) is 3.31. The average Bonchev–Trinajstić information content (AvgIpc) is 2.18. The van der Waals surface area contributed by atoms with E-state index in [1.165, 1.54) is 0 Å².